The predicted molar refractivity (Wildman–Crippen MR) is 77.5 cm³/mol. The highest BCUT2D eigenvalue weighted by Gasteiger charge is 2.51. The van der Waals surface area contributed by atoms with Crippen LogP contribution in [0.5, 0.6) is 0 Å². The predicted octanol–water partition coefficient (Wildman–Crippen LogP) is 1.12. The number of ether oxygens (including phenoxy) is 1. The number of rotatable bonds is 2. The average molecular weight is 299 g/mol. The first-order valence-corrected chi connectivity index (χ1v) is 7.86. The van der Waals surface area contributed by atoms with Crippen molar-refractivity contribution in [2.24, 2.45) is 0 Å². The van der Waals surface area contributed by atoms with Crippen molar-refractivity contribution in [1.29, 1.82) is 0 Å². The number of piperazine rings is 1. The SMILES string of the molecule is CCC1C(=O)N(C2CCC(O)CC2)CC[N+]1(C)C(=O)OC. The van der Waals surface area contributed by atoms with Crippen molar-refractivity contribution in [3.63, 3.8) is 0 Å². The van der Waals surface area contributed by atoms with Crippen LogP contribution in [-0.2, 0) is 9.53 Å². The van der Waals surface area contributed by atoms with Crippen molar-refractivity contribution in [3.8, 4) is 0 Å². The third-order valence-corrected chi connectivity index (χ3v) is 5.15. The average Bonchev–Trinajstić information content (AvgIpc) is 2.48. The van der Waals surface area contributed by atoms with Gasteiger partial charge in [-0.1, -0.05) is 6.92 Å². The van der Waals surface area contributed by atoms with Gasteiger partial charge in [0.25, 0.3) is 5.91 Å². The van der Waals surface area contributed by atoms with Crippen molar-refractivity contribution >= 4 is 12.0 Å². The number of carbonyl (C=O) groups is 2. The zero-order valence-electron chi connectivity index (χ0n) is 13.2. The van der Waals surface area contributed by atoms with Gasteiger partial charge in [-0.05, 0) is 25.7 Å². The van der Waals surface area contributed by atoms with Gasteiger partial charge in [0.05, 0.1) is 26.8 Å². The minimum Gasteiger partial charge on any atom is -0.423 e. The van der Waals surface area contributed by atoms with Crippen LogP contribution in [0.4, 0.5) is 4.79 Å². The molecule has 0 aromatic rings. The lowest BCUT2D eigenvalue weighted by Crippen LogP contribution is -2.69. The molecule has 0 aromatic heterocycles. The van der Waals surface area contributed by atoms with Crippen molar-refractivity contribution in [3.05, 3.63) is 0 Å². The van der Waals surface area contributed by atoms with Gasteiger partial charge in [0.1, 0.15) is 6.54 Å². The molecule has 6 heteroatoms. The van der Waals surface area contributed by atoms with E-state index in [1.165, 1.54) is 7.11 Å². The minimum absolute atomic E-state index is 0.0394. The molecule has 21 heavy (non-hydrogen) atoms. The van der Waals surface area contributed by atoms with Crippen LogP contribution in [-0.4, -0.2) is 71.9 Å². The fraction of sp³-hybridized carbons (Fsp3) is 0.867. The molecular formula is C15H27N2O4+. The Morgan fingerprint density at radius 3 is 2.52 bits per heavy atom. The summed E-state index contributed by atoms with van der Waals surface area (Å²) in [4.78, 5) is 26.8. The monoisotopic (exact) mass is 299 g/mol. The summed E-state index contributed by atoms with van der Waals surface area (Å²) in [6, 6.07) is -0.153. The standard InChI is InChI=1S/C15H27N2O4/c1-4-13-14(19)16(11-5-7-12(18)8-6-11)9-10-17(13,2)15(20)21-3/h11-13,18H,4-10H2,1-3H3/q+1. The van der Waals surface area contributed by atoms with Gasteiger partial charge >= 0.3 is 6.09 Å². The Morgan fingerprint density at radius 1 is 1.38 bits per heavy atom. The van der Waals surface area contributed by atoms with Crippen LogP contribution in [0.2, 0.25) is 0 Å². The van der Waals surface area contributed by atoms with Gasteiger partial charge in [-0.3, -0.25) is 4.79 Å². The summed E-state index contributed by atoms with van der Waals surface area (Å²) < 4.78 is 4.94. The molecule has 1 aliphatic carbocycles. The molecule has 2 amide bonds. The summed E-state index contributed by atoms with van der Waals surface area (Å²) in [5.74, 6) is 0.0537. The molecule has 0 spiro atoms. The first kappa shape index (κ1) is 16.2. The summed E-state index contributed by atoms with van der Waals surface area (Å²) >= 11 is 0. The van der Waals surface area contributed by atoms with E-state index in [0.29, 0.717) is 19.5 Å². The molecule has 1 heterocycles. The molecule has 2 unspecified atom stereocenters. The summed E-state index contributed by atoms with van der Waals surface area (Å²) in [5, 5.41) is 9.61. The molecule has 120 valence electrons. The van der Waals surface area contributed by atoms with Gasteiger partial charge < -0.3 is 14.7 Å². The summed E-state index contributed by atoms with van der Waals surface area (Å²) in [5.41, 5.74) is 0. The quantitative estimate of drug-likeness (QED) is 0.776. The zero-order valence-corrected chi connectivity index (χ0v) is 13.2. The van der Waals surface area contributed by atoms with Gasteiger partial charge in [-0.15, -0.1) is 0 Å². The molecular weight excluding hydrogens is 272 g/mol. The number of nitrogens with zero attached hydrogens (tertiary/aromatic N) is 2. The third kappa shape index (κ3) is 2.92. The number of amides is 2. The van der Waals surface area contributed by atoms with Gasteiger partial charge in [-0.2, -0.15) is 4.79 Å². The highest BCUT2D eigenvalue weighted by molar-refractivity contribution is 5.83. The van der Waals surface area contributed by atoms with Crippen LogP contribution in [0.15, 0.2) is 0 Å². The Balaban J connectivity index is 2.13. The lowest BCUT2D eigenvalue weighted by Gasteiger charge is -2.46. The van der Waals surface area contributed by atoms with Crippen molar-refractivity contribution in [2.75, 3.05) is 27.2 Å². The number of aliphatic hydroxyl groups excluding tert-OH is 1. The Bertz CT molecular complexity index is 406. The highest BCUT2D eigenvalue weighted by Crippen LogP contribution is 2.29. The van der Waals surface area contributed by atoms with E-state index in [9.17, 15) is 14.7 Å². The molecule has 1 N–H and O–H groups in total. The highest BCUT2D eigenvalue weighted by atomic mass is 16.5. The van der Waals surface area contributed by atoms with Crippen molar-refractivity contribution < 1.29 is 23.9 Å². The number of aliphatic hydroxyl groups is 1. The second kappa shape index (κ2) is 6.32. The van der Waals surface area contributed by atoms with Crippen molar-refractivity contribution in [2.45, 2.75) is 57.2 Å². The van der Waals surface area contributed by atoms with Crippen LogP contribution in [0.3, 0.4) is 0 Å². The van der Waals surface area contributed by atoms with E-state index in [1.807, 2.05) is 11.8 Å². The van der Waals surface area contributed by atoms with Crippen LogP contribution in [0.1, 0.15) is 39.0 Å². The summed E-state index contributed by atoms with van der Waals surface area (Å²) in [6.07, 6.45) is 3.28. The first-order valence-electron chi connectivity index (χ1n) is 7.86. The van der Waals surface area contributed by atoms with Crippen LogP contribution >= 0.6 is 0 Å². The smallest absolute Gasteiger partial charge is 0.423 e. The second-order valence-corrected chi connectivity index (χ2v) is 6.38. The molecule has 1 aliphatic heterocycles. The molecule has 2 rings (SSSR count). The Morgan fingerprint density at radius 2 is 2.00 bits per heavy atom. The molecule has 6 nitrogen and oxygen atoms in total. The Labute approximate surface area is 126 Å². The largest absolute Gasteiger partial charge is 0.516 e. The fourth-order valence-electron chi connectivity index (χ4n) is 3.75. The van der Waals surface area contributed by atoms with E-state index in [0.717, 1.165) is 25.7 Å². The van der Waals surface area contributed by atoms with Crippen LogP contribution in [0, 0.1) is 0 Å². The van der Waals surface area contributed by atoms with Gasteiger partial charge in [0.2, 0.25) is 0 Å². The van der Waals surface area contributed by atoms with Crippen LogP contribution < -0.4 is 0 Å². The van der Waals surface area contributed by atoms with E-state index >= 15 is 0 Å². The third-order valence-electron chi connectivity index (χ3n) is 5.15. The minimum atomic E-state index is -0.363. The zero-order chi connectivity index (χ0) is 15.6. The molecule has 2 fully saturated rings. The molecule has 1 saturated carbocycles. The normalized spacial score (nSPS) is 37.4. The number of likely N-dealkylation sites (N-methyl/N-ethyl adjacent to an activating group) is 1. The number of methoxy groups -OCH3 is 1. The van der Waals surface area contributed by atoms with Gasteiger partial charge in [-0.25, -0.2) is 4.48 Å². The molecule has 2 aliphatic rings. The lowest BCUT2D eigenvalue weighted by molar-refractivity contribution is -0.858. The maximum atomic E-state index is 12.8. The maximum absolute atomic E-state index is 12.8. The Hall–Kier alpha value is -1.14. The topological polar surface area (TPSA) is 66.8 Å². The number of quaternary nitrogens is 1. The van der Waals surface area contributed by atoms with E-state index < -0.39 is 0 Å². The Kier molecular flexibility index (Phi) is 4.88. The van der Waals surface area contributed by atoms with E-state index in [-0.39, 0.29) is 34.7 Å². The lowest BCUT2D eigenvalue weighted by atomic mass is 9.90. The molecule has 0 radical (unpaired) electrons. The number of hydrogen-bond acceptors (Lipinski definition) is 4. The first-order chi connectivity index (χ1) is 9.93. The molecule has 2 atom stereocenters. The molecule has 0 aromatic carbocycles. The molecule has 1 saturated heterocycles. The second-order valence-electron chi connectivity index (χ2n) is 6.38. The van der Waals surface area contributed by atoms with E-state index in [4.69, 9.17) is 4.74 Å². The van der Waals surface area contributed by atoms with Crippen LogP contribution in [0.25, 0.3) is 0 Å². The van der Waals surface area contributed by atoms with Gasteiger partial charge in [0, 0.05) is 12.5 Å². The van der Waals surface area contributed by atoms with Crippen molar-refractivity contribution in [1.82, 2.24) is 4.90 Å². The number of carbonyl (C=O) groups excluding carboxylic acids is 2. The molecule has 0 bridgehead atoms. The van der Waals surface area contributed by atoms with Gasteiger partial charge in [0.15, 0.2) is 6.04 Å². The number of hydrogen-bond donors (Lipinski definition) is 1. The maximum Gasteiger partial charge on any atom is 0.516 e. The summed E-state index contributed by atoms with van der Waals surface area (Å²) in [7, 11) is 3.16. The van der Waals surface area contributed by atoms with E-state index in [2.05, 4.69) is 0 Å². The fourth-order valence-corrected chi connectivity index (χ4v) is 3.75. The van der Waals surface area contributed by atoms with E-state index in [1.54, 1.807) is 7.05 Å². The summed E-state index contributed by atoms with van der Waals surface area (Å²) in [6.45, 7) is 3.12.